The lowest BCUT2D eigenvalue weighted by molar-refractivity contribution is 0.0943. The Labute approximate surface area is 182 Å². The molecule has 1 aliphatic heterocycles. The summed E-state index contributed by atoms with van der Waals surface area (Å²) in [6.45, 7) is 7.22. The topological polar surface area (TPSA) is 103 Å². The van der Waals surface area contributed by atoms with Crippen LogP contribution in [0, 0.1) is 18.3 Å². The molecule has 1 fully saturated rings. The maximum atomic E-state index is 12.1. The third-order valence-corrected chi connectivity index (χ3v) is 5.50. The van der Waals surface area contributed by atoms with Crippen LogP contribution in [0.3, 0.4) is 0 Å². The highest BCUT2D eigenvalue weighted by Gasteiger charge is 2.45. The second-order valence-corrected chi connectivity index (χ2v) is 8.17. The van der Waals surface area contributed by atoms with Crippen LogP contribution in [0.25, 0.3) is 11.1 Å². The van der Waals surface area contributed by atoms with Gasteiger partial charge in [-0.1, -0.05) is 7.43 Å². The summed E-state index contributed by atoms with van der Waals surface area (Å²) >= 11 is 0. The van der Waals surface area contributed by atoms with E-state index in [1.165, 1.54) is 0 Å². The fourth-order valence-electron chi connectivity index (χ4n) is 3.86. The summed E-state index contributed by atoms with van der Waals surface area (Å²) in [5, 5.41) is 23.9. The van der Waals surface area contributed by atoms with E-state index in [0.29, 0.717) is 25.1 Å². The van der Waals surface area contributed by atoms with Gasteiger partial charge in [-0.25, -0.2) is 0 Å². The molecule has 0 bridgehead atoms. The molecule has 31 heavy (non-hydrogen) atoms. The van der Waals surface area contributed by atoms with Gasteiger partial charge in [0.15, 0.2) is 0 Å². The number of hydrogen-bond acceptors (Lipinski definition) is 5. The third kappa shape index (κ3) is 4.17. The van der Waals surface area contributed by atoms with Crippen molar-refractivity contribution in [3.05, 3.63) is 54.1 Å². The molecule has 1 aromatic carbocycles. The molecule has 162 valence electrons. The lowest BCUT2D eigenvalue weighted by Crippen LogP contribution is -2.63. The molecule has 4 rings (SSSR count). The smallest absolute Gasteiger partial charge is 0.251 e. The molecule has 0 spiro atoms. The van der Waals surface area contributed by atoms with Crippen molar-refractivity contribution in [1.29, 1.82) is 5.26 Å². The number of nitriles is 1. The fraction of sp³-hybridized carbons (Fsp3) is 0.391. The SMILES string of the molecule is C.Cc1[nH]ncc1-c1cnn(C2(CC#N)CN(c3ccc(C(=O)NC(C)C)cc3)C2)c1. The number of nitrogens with zero attached hydrogens (tertiary/aromatic N) is 5. The number of nitrogens with one attached hydrogen (secondary N) is 2. The van der Waals surface area contributed by atoms with Crippen LogP contribution >= 0.6 is 0 Å². The van der Waals surface area contributed by atoms with Crippen molar-refractivity contribution < 1.29 is 4.79 Å². The van der Waals surface area contributed by atoms with E-state index in [1.54, 1.807) is 6.20 Å². The maximum absolute atomic E-state index is 12.1. The molecule has 8 heteroatoms. The number of amides is 1. The van der Waals surface area contributed by atoms with Gasteiger partial charge in [0.1, 0.15) is 5.54 Å². The van der Waals surface area contributed by atoms with Crippen molar-refractivity contribution in [1.82, 2.24) is 25.3 Å². The van der Waals surface area contributed by atoms with Crippen molar-refractivity contribution in [3.8, 4) is 17.2 Å². The predicted molar refractivity (Wildman–Crippen MR) is 121 cm³/mol. The van der Waals surface area contributed by atoms with Gasteiger partial charge in [0.2, 0.25) is 0 Å². The third-order valence-electron chi connectivity index (χ3n) is 5.50. The minimum Gasteiger partial charge on any atom is -0.366 e. The second-order valence-electron chi connectivity index (χ2n) is 8.17. The number of carbonyl (C=O) groups is 1. The van der Waals surface area contributed by atoms with Gasteiger partial charge in [-0.3, -0.25) is 14.6 Å². The molecular weight excluding hydrogens is 390 g/mol. The largest absolute Gasteiger partial charge is 0.366 e. The van der Waals surface area contributed by atoms with Gasteiger partial charge in [-0.15, -0.1) is 0 Å². The number of rotatable bonds is 6. The zero-order valence-corrected chi connectivity index (χ0v) is 17.4. The lowest BCUT2D eigenvalue weighted by Gasteiger charge is -2.50. The number of aromatic nitrogens is 4. The normalized spacial score (nSPS) is 14.5. The van der Waals surface area contributed by atoms with Gasteiger partial charge >= 0.3 is 0 Å². The molecule has 3 aromatic rings. The first-order valence-corrected chi connectivity index (χ1v) is 10.0. The van der Waals surface area contributed by atoms with Crippen LogP contribution in [-0.4, -0.2) is 45.0 Å². The van der Waals surface area contributed by atoms with E-state index in [0.717, 1.165) is 22.5 Å². The lowest BCUT2D eigenvalue weighted by atomic mass is 9.86. The summed E-state index contributed by atoms with van der Waals surface area (Å²) in [5.41, 5.74) is 4.29. The number of anilines is 1. The Balaban J connectivity index is 0.00000272. The molecule has 1 saturated heterocycles. The Kier molecular flexibility index (Phi) is 6.16. The summed E-state index contributed by atoms with van der Waals surface area (Å²) in [5.74, 6) is -0.0717. The van der Waals surface area contributed by atoms with Gasteiger partial charge < -0.3 is 10.2 Å². The molecule has 3 heterocycles. The van der Waals surface area contributed by atoms with Gasteiger partial charge in [0, 0.05) is 53.4 Å². The Morgan fingerprint density at radius 2 is 2.00 bits per heavy atom. The van der Waals surface area contributed by atoms with Crippen LogP contribution in [-0.2, 0) is 5.54 Å². The highest BCUT2D eigenvalue weighted by molar-refractivity contribution is 5.94. The number of benzene rings is 1. The molecule has 0 atom stereocenters. The quantitative estimate of drug-likeness (QED) is 0.637. The molecule has 0 radical (unpaired) electrons. The van der Waals surface area contributed by atoms with E-state index >= 15 is 0 Å². The molecule has 1 amide bonds. The first-order valence-electron chi connectivity index (χ1n) is 10.0. The summed E-state index contributed by atoms with van der Waals surface area (Å²) in [6, 6.07) is 10.0. The van der Waals surface area contributed by atoms with E-state index < -0.39 is 0 Å². The van der Waals surface area contributed by atoms with E-state index in [2.05, 4.69) is 31.6 Å². The molecule has 1 aliphatic rings. The molecule has 0 unspecified atom stereocenters. The van der Waals surface area contributed by atoms with Crippen molar-refractivity contribution in [2.24, 2.45) is 0 Å². The average molecular weight is 420 g/mol. The van der Waals surface area contributed by atoms with Crippen LogP contribution in [0.4, 0.5) is 5.69 Å². The predicted octanol–water partition coefficient (Wildman–Crippen LogP) is 3.49. The van der Waals surface area contributed by atoms with E-state index in [-0.39, 0.29) is 24.9 Å². The van der Waals surface area contributed by atoms with Crippen LogP contribution < -0.4 is 10.2 Å². The minimum atomic E-state index is -0.363. The second kappa shape index (κ2) is 8.64. The van der Waals surface area contributed by atoms with Crippen LogP contribution in [0.2, 0.25) is 0 Å². The minimum absolute atomic E-state index is 0. The number of carbonyl (C=O) groups excluding carboxylic acids is 1. The fourth-order valence-corrected chi connectivity index (χ4v) is 3.86. The van der Waals surface area contributed by atoms with E-state index in [4.69, 9.17) is 0 Å². The van der Waals surface area contributed by atoms with Gasteiger partial charge in [-0.05, 0) is 45.0 Å². The van der Waals surface area contributed by atoms with Crippen LogP contribution in [0.1, 0.15) is 43.7 Å². The number of hydrogen-bond donors (Lipinski definition) is 2. The van der Waals surface area contributed by atoms with E-state index in [9.17, 15) is 10.1 Å². The number of H-pyrrole nitrogens is 1. The molecule has 2 aromatic heterocycles. The summed E-state index contributed by atoms with van der Waals surface area (Å²) in [7, 11) is 0. The molecule has 8 nitrogen and oxygen atoms in total. The van der Waals surface area contributed by atoms with Crippen molar-refractivity contribution in [2.45, 2.75) is 46.2 Å². The summed E-state index contributed by atoms with van der Waals surface area (Å²) < 4.78 is 1.92. The average Bonchev–Trinajstić information content (AvgIpc) is 3.33. The van der Waals surface area contributed by atoms with Gasteiger partial charge in [0.25, 0.3) is 5.91 Å². The Morgan fingerprint density at radius 3 is 2.58 bits per heavy atom. The first kappa shape index (κ1) is 22.1. The summed E-state index contributed by atoms with van der Waals surface area (Å²) in [6.07, 6.45) is 5.98. The zero-order chi connectivity index (χ0) is 21.3. The maximum Gasteiger partial charge on any atom is 0.251 e. The van der Waals surface area contributed by atoms with Crippen molar-refractivity contribution in [3.63, 3.8) is 0 Å². The Bertz CT molecular complexity index is 1080. The van der Waals surface area contributed by atoms with Crippen LogP contribution in [0.15, 0.2) is 42.9 Å². The molecule has 2 N–H and O–H groups in total. The molecule has 0 saturated carbocycles. The standard InChI is InChI=1S/C22H25N7O.CH4/c1-15(2)26-21(30)17-4-6-19(7-5-17)28-13-22(14-28,8-9-23)29-12-18(10-25-29)20-11-24-27-16(20)3;/h4-7,10-12,15H,8,13-14H2,1-3H3,(H,24,27)(H,26,30);1H4. The number of aromatic amines is 1. The number of aryl methyl sites for hydroxylation is 1. The van der Waals surface area contributed by atoms with Crippen LogP contribution in [0.5, 0.6) is 0 Å². The van der Waals surface area contributed by atoms with E-state index in [1.807, 2.05) is 62.1 Å². The van der Waals surface area contributed by atoms with Crippen molar-refractivity contribution in [2.75, 3.05) is 18.0 Å². The first-order chi connectivity index (χ1) is 14.4. The monoisotopic (exact) mass is 419 g/mol. The Morgan fingerprint density at radius 1 is 1.29 bits per heavy atom. The van der Waals surface area contributed by atoms with Crippen molar-refractivity contribution >= 4 is 11.6 Å². The van der Waals surface area contributed by atoms with Gasteiger partial charge in [-0.2, -0.15) is 15.5 Å². The Hall–Kier alpha value is -3.60. The highest BCUT2D eigenvalue weighted by Crippen LogP contribution is 2.36. The highest BCUT2D eigenvalue weighted by atomic mass is 16.1. The molecular formula is C23H29N7O. The molecule has 0 aliphatic carbocycles. The zero-order valence-electron chi connectivity index (χ0n) is 17.4. The summed E-state index contributed by atoms with van der Waals surface area (Å²) in [4.78, 5) is 14.3. The van der Waals surface area contributed by atoms with Gasteiger partial charge in [0.05, 0.1) is 24.9 Å².